The van der Waals surface area contributed by atoms with E-state index in [1.807, 2.05) is 38.1 Å². The van der Waals surface area contributed by atoms with Crippen LogP contribution in [0.3, 0.4) is 0 Å². The molecule has 0 saturated carbocycles. The summed E-state index contributed by atoms with van der Waals surface area (Å²) in [4.78, 5) is 34.0. The van der Waals surface area contributed by atoms with Crippen molar-refractivity contribution in [2.75, 3.05) is 31.0 Å². The second-order valence-corrected chi connectivity index (χ2v) is 8.05. The van der Waals surface area contributed by atoms with Gasteiger partial charge in [-0.3, -0.25) is 19.5 Å². The van der Waals surface area contributed by atoms with Crippen molar-refractivity contribution >= 4 is 28.8 Å². The SMILES string of the molecule is COc1ccc(/C(O)=C2/C(=O)C(=O)N(c3ccc(N(C)C)cc3)C2c2cccnc2)c(C)c1. The van der Waals surface area contributed by atoms with E-state index in [1.165, 1.54) is 4.90 Å². The van der Waals surface area contributed by atoms with Gasteiger partial charge < -0.3 is 14.7 Å². The van der Waals surface area contributed by atoms with Gasteiger partial charge in [0, 0.05) is 43.4 Å². The van der Waals surface area contributed by atoms with Crippen molar-refractivity contribution < 1.29 is 19.4 Å². The number of aliphatic hydroxyl groups is 1. The van der Waals surface area contributed by atoms with E-state index in [2.05, 4.69) is 4.98 Å². The number of nitrogens with zero attached hydrogens (tertiary/aromatic N) is 3. The highest BCUT2D eigenvalue weighted by Gasteiger charge is 2.47. The molecule has 1 atom stereocenters. The van der Waals surface area contributed by atoms with Crippen LogP contribution in [0.5, 0.6) is 5.75 Å². The third-order valence-electron chi connectivity index (χ3n) is 5.78. The Labute approximate surface area is 192 Å². The largest absolute Gasteiger partial charge is 0.507 e. The van der Waals surface area contributed by atoms with Gasteiger partial charge in [-0.2, -0.15) is 0 Å². The predicted octanol–water partition coefficient (Wildman–Crippen LogP) is 4.09. The summed E-state index contributed by atoms with van der Waals surface area (Å²) in [6, 6.07) is 15.2. The van der Waals surface area contributed by atoms with Gasteiger partial charge in [-0.15, -0.1) is 0 Å². The van der Waals surface area contributed by atoms with Crippen LogP contribution in [0.15, 0.2) is 72.6 Å². The summed E-state index contributed by atoms with van der Waals surface area (Å²) in [5, 5.41) is 11.3. The zero-order valence-corrected chi connectivity index (χ0v) is 18.9. The number of hydrogen-bond acceptors (Lipinski definition) is 6. The lowest BCUT2D eigenvalue weighted by molar-refractivity contribution is -0.132. The first-order chi connectivity index (χ1) is 15.8. The maximum absolute atomic E-state index is 13.2. The van der Waals surface area contributed by atoms with Crippen molar-refractivity contribution in [2.24, 2.45) is 0 Å². The zero-order chi connectivity index (χ0) is 23.7. The fraction of sp³-hybridized carbons (Fsp3) is 0.192. The molecular weight excluding hydrogens is 418 g/mol. The molecule has 2 aromatic carbocycles. The van der Waals surface area contributed by atoms with E-state index in [4.69, 9.17) is 4.74 Å². The monoisotopic (exact) mass is 443 g/mol. The number of rotatable bonds is 5. The number of amides is 1. The minimum absolute atomic E-state index is 0.0259. The smallest absolute Gasteiger partial charge is 0.300 e. The van der Waals surface area contributed by atoms with Gasteiger partial charge in [0.25, 0.3) is 11.7 Å². The first kappa shape index (κ1) is 22.1. The molecule has 1 N–H and O–H groups in total. The fourth-order valence-electron chi connectivity index (χ4n) is 4.04. The second kappa shape index (κ2) is 8.78. The normalized spacial score (nSPS) is 17.3. The average molecular weight is 444 g/mol. The van der Waals surface area contributed by atoms with Crippen molar-refractivity contribution in [3.63, 3.8) is 0 Å². The Kier molecular flexibility index (Phi) is 5.87. The molecule has 1 aliphatic rings. The number of anilines is 2. The highest BCUT2D eigenvalue weighted by atomic mass is 16.5. The predicted molar refractivity (Wildman–Crippen MR) is 128 cm³/mol. The van der Waals surface area contributed by atoms with Gasteiger partial charge >= 0.3 is 0 Å². The number of aromatic nitrogens is 1. The molecule has 4 rings (SSSR count). The molecule has 1 amide bonds. The lowest BCUT2D eigenvalue weighted by Gasteiger charge is -2.26. The van der Waals surface area contributed by atoms with E-state index in [0.29, 0.717) is 22.6 Å². The molecule has 3 aromatic rings. The Hall–Kier alpha value is -4.13. The zero-order valence-electron chi connectivity index (χ0n) is 18.9. The van der Waals surface area contributed by atoms with Crippen molar-refractivity contribution in [1.29, 1.82) is 0 Å². The van der Waals surface area contributed by atoms with Crippen LogP contribution in [0.1, 0.15) is 22.7 Å². The summed E-state index contributed by atoms with van der Waals surface area (Å²) in [7, 11) is 5.41. The number of benzene rings is 2. The average Bonchev–Trinajstić information content (AvgIpc) is 3.09. The van der Waals surface area contributed by atoms with E-state index >= 15 is 0 Å². The number of carbonyl (C=O) groups is 2. The summed E-state index contributed by atoms with van der Waals surface area (Å²) in [5.74, 6) is -1.04. The Morgan fingerprint density at radius 1 is 1.09 bits per heavy atom. The molecule has 7 heteroatoms. The number of methoxy groups -OCH3 is 1. The number of carbonyl (C=O) groups excluding carboxylic acids is 2. The lowest BCUT2D eigenvalue weighted by atomic mass is 9.94. The molecular formula is C26H25N3O4. The Balaban J connectivity index is 1.90. The van der Waals surface area contributed by atoms with Crippen molar-refractivity contribution in [1.82, 2.24) is 4.98 Å². The Bertz CT molecular complexity index is 1230. The summed E-state index contributed by atoms with van der Waals surface area (Å²) >= 11 is 0. The van der Waals surface area contributed by atoms with Crippen LogP contribution in [0.2, 0.25) is 0 Å². The van der Waals surface area contributed by atoms with Crippen LogP contribution in [-0.4, -0.2) is 43.0 Å². The van der Waals surface area contributed by atoms with Gasteiger partial charge in [0.05, 0.1) is 18.7 Å². The number of Topliss-reactive ketones (excluding diaryl/α,β-unsaturated/α-hetero) is 1. The van der Waals surface area contributed by atoms with Crippen molar-refractivity contribution in [3.8, 4) is 5.75 Å². The standard InChI is InChI=1S/C26H25N3O4/c1-16-14-20(33-4)11-12-21(16)24(30)22-23(17-6-5-13-27-15-17)29(26(32)25(22)31)19-9-7-18(8-10-19)28(2)3/h5-15,23,30H,1-4H3/b24-22-. The van der Waals surface area contributed by atoms with Crippen LogP contribution in [-0.2, 0) is 9.59 Å². The van der Waals surface area contributed by atoms with Crippen LogP contribution >= 0.6 is 0 Å². The van der Waals surface area contributed by atoms with Gasteiger partial charge in [-0.25, -0.2) is 0 Å². The maximum atomic E-state index is 13.2. The first-order valence-corrected chi connectivity index (χ1v) is 10.5. The number of aryl methyl sites for hydroxylation is 1. The van der Waals surface area contributed by atoms with Gasteiger partial charge in [-0.1, -0.05) is 6.07 Å². The van der Waals surface area contributed by atoms with E-state index in [9.17, 15) is 14.7 Å². The highest BCUT2D eigenvalue weighted by Crippen LogP contribution is 2.42. The molecule has 0 radical (unpaired) electrons. The van der Waals surface area contributed by atoms with Crippen molar-refractivity contribution in [2.45, 2.75) is 13.0 Å². The quantitative estimate of drug-likeness (QED) is 0.363. The van der Waals surface area contributed by atoms with Crippen LogP contribution in [0.4, 0.5) is 11.4 Å². The molecule has 1 saturated heterocycles. The van der Waals surface area contributed by atoms with Gasteiger partial charge in [0.1, 0.15) is 11.5 Å². The molecule has 1 aromatic heterocycles. The fourth-order valence-corrected chi connectivity index (χ4v) is 4.04. The molecule has 2 heterocycles. The number of aliphatic hydroxyl groups excluding tert-OH is 1. The summed E-state index contributed by atoms with van der Waals surface area (Å²) in [6.07, 6.45) is 3.22. The minimum Gasteiger partial charge on any atom is -0.507 e. The molecule has 0 aliphatic carbocycles. The van der Waals surface area contributed by atoms with E-state index < -0.39 is 17.7 Å². The van der Waals surface area contributed by atoms with Gasteiger partial charge in [-0.05, 0) is 66.6 Å². The van der Waals surface area contributed by atoms with Gasteiger partial charge in [0.2, 0.25) is 0 Å². The molecule has 1 aliphatic heterocycles. The molecule has 1 unspecified atom stereocenters. The topological polar surface area (TPSA) is 83.0 Å². The highest BCUT2D eigenvalue weighted by molar-refractivity contribution is 6.51. The number of pyridine rings is 1. The summed E-state index contributed by atoms with van der Waals surface area (Å²) < 4.78 is 5.25. The van der Waals surface area contributed by atoms with Crippen LogP contribution in [0, 0.1) is 6.92 Å². The van der Waals surface area contributed by atoms with E-state index in [-0.39, 0.29) is 11.3 Å². The number of hydrogen-bond donors (Lipinski definition) is 1. The van der Waals surface area contributed by atoms with Crippen LogP contribution < -0.4 is 14.5 Å². The molecule has 168 valence electrons. The van der Waals surface area contributed by atoms with Crippen molar-refractivity contribution in [3.05, 3.63) is 89.3 Å². The van der Waals surface area contributed by atoms with E-state index in [1.54, 1.807) is 62.0 Å². The molecule has 33 heavy (non-hydrogen) atoms. The molecule has 1 fully saturated rings. The Morgan fingerprint density at radius 2 is 1.82 bits per heavy atom. The molecule has 7 nitrogen and oxygen atoms in total. The molecule has 0 bridgehead atoms. The summed E-state index contributed by atoms with van der Waals surface area (Å²) in [6.45, 7) is 1.81. The molecule has 0 spiro atoms. The first-order valence-electron chi connectivity index (χ1n) is 10.5. The maximum Gasteiger partial charge on any atom is 0.300 e. The summed E-state index contributed by atoms with van der Waals surface area (Å²) in [5.41, 5.74) is 3.35. The lowest BCUT2D eigenvalue weighted by Crippen LogP contribution is -2.29. The Morgan fingerprint density at radius 3 is 2.39 bits per heavy atom. The van der Waals surface area contributed by atoms with Crippen LogP contribution in [0.25, 0.3) is 5.76 Å². The van der Waals surface area contributed by atoms with E-state index in [0.717, 1.165) is 11.3 Å². The third-order valence-corrected chi connectivity index (χ3v) is 5.78. The third kappa shape index (κ3) is 3.93. The second-order valence-electron chi connectivity index (χ2n) is 8.05. The van der Waals surface area contributed by atoms with Gasteiger partial charge in [0.15, 0.2) is 0 Å². The number of ether oxygens (including phenoxy) is 1. The minimum atomic E-state index is -0.814. The number of ketones is 1.